The number of amides is 2. The Morgan fingerprint density at radius 3 is 2.26 bits per heavy atom. The summed E-state index contributed by atoms with van der Waals surface area (Å²) in [6.07, 6.45) is 1.41. The number of halogens is 4. The molecule has 2 aliphatic rings. The molecule has 0 spiro atoms. The Hall–Kier alpha value is -2.14. The van der Waals surface area contributed by atoms with E-state index < -0.39 is 17.6 Å². The van der Waals surface area contributed by atoms with Crippen molar-refractivity contribution in [1.82, 2.24) is 15.1 Å². The standard InChI is InChI=1S/C30H37F3IN3O2/c1-17-12-22(23(14-26(17)32)28(34)35-18(2)38)19-8-10-36(11-9-19)29(39)25-16-37(30(3,4)5)15-24(25)21-7-6-20(31)13-27(21)33/h6-7,12-14,19,24-25,28H,8-11,15-16H2,1-5H3,(H,35,38). The monoisotopic (exact) mass is 655 g/mol. The smallest absolute Gasteiger partial charge is 0.227 e. The van der Waals surface area contributed by atoms with Gasteiger partial charge in [-0.25, -0.2) is 13.2 Å². The van der Waals surface area contributed by atoms with Crippen molar-refractivity contribution in [3.05, 3.63) is 70.0 Å². The predicted octanol–water partition coefficient (Wildman–Crippen LogP) is 6.20. The first-order chi connectivity index (χ1) is 18.3. The molecule has 0 radical (unpaired) electrons. The number of aryl methyl sites for hydroxylation is 1. The van der Waals surface area contributed by atoms with E-state index in [1.165, 1.54) is 25.1 Å². The van der Waals surface area contributed by atoms with E-state index in [0.29, 0.717) is 50.1 Å². The third-order valence-corrected chi connectivity index (χ3v) is 9.14. The number of carbonyl (C=O) groups is 2. The SMILES string of the molecule is CC(=O)NC(I)c1cc(F)c(C)cc1C1CCN(C(=O)C2CN(C(C)(C)C)CC2c2ccc(F)cc2F)CC1. The lowest BCUT2D eigenvalue weighted by molar-refractivity contribution is -0.136. The highest BCUT2D eigenvalue weighted by molar-refractivity contribution is 14.1. The largest absolute Gasteiger partial charge is 0.342 e. The molecule has 2 aliphatic heterocycles. The molecule has 4 rings (SSSR count). The Labute approximate surface area is 242 Å². The molecule has 2 saturated heterocycles. The molecule has 2 heterocycles. The Kier molecular flexibility index (Phi) is 9.00. The topological polar surface area (TPSA) is 52.7 Å². The van der Waals surface area contributed by atoms with Crippen molar-refractivity contribution in [2.45, 2.75) is 68.9 Å². The minimum atomic E-state index is -0.630. The first-order valence-corrected chi connectivity index (χ1v) is 14.7. The van der Waals surface area contributed by atoms with Gasteiger partial charge in [-0.15, -0.1) is 0 Å². The van der Waals surface area contributed by atoms with E-state index >= 15 is 0 Å². The number of benzene rings is 2. The summed E-state index contributed by atoms with van der Waals surface area (Å²) in [6.45, 7) is 11.5. The van der Waals surface area contributed by atoms with Crippen LogP contribution in [0.4, 0.5) is 13.2 Å². The van der Waals surface area contributed by atoms with Crippen LogP contribution in [0, 0.1) is 30.3 Å². The fraction of sp³-hybridized carbons (Fsp3) is 0.533. The van der Waals surface area contributed by atoms with Crippen LogP contribution < -0.4 is 5.32 Å². The van der Waals surface area contributed by atoms with Gasteiger partial charge < -0.3 is 10.2 Å². The van der Waals surface area contributed by atoms with Gasteiger partial charge in [0.25, 0.3) is 0 Å². The summed E-state index contributed by atoms with van der Waals surface area (Å²) in [5.74, 6) is -2.41. The number of nitrogens with one attached hydrogen (secondary N) is 1. The summed E-state index contributed by atoms with van der Waals surface area (Å²) in [4.78, 5) is 29.6. The summed E-state index contributed by atoms with van der Waals surface area (Å²) in [5, 5.41) is 2.85. The third-order valence-electron chi connectivity index (χ3n) is 8.16. The predicted molar refractivity (Wildman–Crippen MR) is 154 cm³/mol. The van der Waals surface area contributed by atoms with Crippen molar-refractivity contribution in [2.24, 2.45) is 5.92 Å². The van der Waals surface area contributed by atoms with Crippen LogP contribution in [0.2, 0.25) is 0 Å². The molecule has 9 heteroatoms. The van der Waals surface area contributed by atoms with Crippen LogP contribution in [0.3, 0.4) is 0 Å². The van der Waals surface area contributed by atoms with Gasteiger partial charge in [0.05, 0.1) is 5.92 Å². The highest BCUT2D eigenvalue weighted by Crippen LogP contribution is 2.41. The van der Waals surface area contributed by atoms with Crippen molar-refractivity contribution >= 4 is 34.4 Å². The Morgan fingerprint density at radius 1 is 1.00 bits per heavy atom. The number of nitrogens with zero attached hydrogens (tertiary/aromatic N) is 2. The van der Waals surface area contributed by atoms with Crippen LogP contribution in [-0.4, -0.2) is 53.3 Å². The normalized spacial score (nSPS) is 21.7. The maximum atomic E-state index is 14.9. The molecule has 2 aromatic rings. The number of carbonyl (C=O) groups excluding carboxylic acids is 2. The van der Waals surface area contributed by atoms with Crippen molar-refractivity contribution in [1.29, 1.82) is 0 Å². The summed E-state index contributed by atoms with van der Waals surface area (Å²) in [6, 6.07) is 7.00. The maximum Gasteiger partial charge on any atom is 0.227 e. The average molecular weight is 656 g/mol. The first kappa shape index (κ1) is 29.8. The quantitative estimate of drug-likeness (QED) is 0.237. The minimum Gasteiger partial charge on any atom is -0.342 e. The second-order valence-corrected chi connectivity index (χ2v) is 13.1. The molecule has 0 saturated carbocycles. The highest BCUT2D eigenvalue weighted by Gasteiger charge is 2.44. The van der Waals surface area contributed by atoms with Crippen LogP contribution >= 0.6 is 22.6 Å². The van der Waals surface area contributed by atoms with Gasteiger partial charge in [-0.1, -0.05) is 34.7 Å². The molecule has 3 atom stereocenters. The zero-order valence-electron chi connectivity index (χ0n) is 23.2. The molecule has 212 valence electrons. The fourth-order valence-corrected chi connectivity index (χ4v) is 6.89. The fourth-order valence-electron chi connectivity index (χ4n) is 5.91. The van der Waals surface area contributed by atoms with Gasteiger partial charge in [0, 0.05) is 50.6 Å². The molecule has 0 bridgehead atoms. The summed E-state index contributed by atoms with van der Waals surface area (Å²) in [5.41, 5.74) is 2.49. The second kappa shape index (κ2) is 11.8. The molecule has 39 heavy (non-hydrogen) atoms. The van der Waals surface area contributed by atoms with Gasteiger partial charge >= 0.3 is 0 Å². The number of rotatable bonds is 5. The van der Waals surface area contributed by atoms with Crippen LogP contribution in [0.25, 0.3) is 0 Å². The zero-order valence-corrected chi connectivity index (χ0v) is 25.3. The molecule has 0 aromatic heterocycles. The lowest BCUT2D eigenvalue weighted by atomic mass is 9.83. The van der Waals surface area contributed by atoms with Gasteiger partial charge in [0.15, 0.2) is 0 Å². The lowest BCUT2D eigenvalue weighted by Gasteiger charge is -2.36. The summed E-state index contributed by atoms with van der Waals surface area (Å²) < 4.78 is 42.6. The molecule has 2 aromatic carbocycles. The van der Waals surface area contributed by atoms with Crippen LogP contribution in [-0.2, 0) is 9.59 Å². The van der Waals surface area contributed by atoms with Gasteiger partial charge in [0.2, 0.25) is 11.8 Å². The van der Waals surface area contributed by atoms with E-state index in [0.717, 1.165) is 17.2 Å². The average Bonchev–Trinajstić information content (AvgIpc) is 3.30. The van der Waals surface area contributed by atoms with Crippen molar-refractivity contribution in [3.63, 3.8) is 0 Å². The second-order valence-electron chi connectivity index (χ2n) is 11.8. The number of hydrogen-bond acceptors (Lipinski definition) is 3. The van der Waals surface area contributed by atoms with E-state index in [1.807, 2.05) is 11.0 Å². The van der Waals surface area contributed by atoms with E-state index in [9.17, 15) is 22.8 Å². The minimum absolute atomic E-state index is 0.00514. The number of piperidine rings is 1. The molecule has 3 unspecified atom stereocenters. The van der Waals surface area contributed by atoms with E-state index in [2.05, 4.69) is 53.6 Å². The van der Waals surface area contributed by atoms with Crippen molar-refractivity contribution < 1.29 is 22.8 Å². The highest BCUT2D eigenvalue weighted by atomic mass is 127. The van der Waals surface area contributed by atoms with Gasteiger partial charge in [-0.3, -0.25) is 14.5 Å². The Bertz CT molecular complexity index is 1240. The van der Waals surface area contributed by atoms with Crippen LogP contribution in [0.5, 0.6) is 0 Å². The molecule has 2 amide bonds. The van der Waals surface area contributed by atoms with Crippen LogP contribution in [0.15, 0.2) is 30.3 Å². The lowest BCUT2D eigenvalue weighted by Crippen LogP contribution is -2.44. The molecular weight excluding hydrogens is 618 g/mol. The number of hydrogen-bond donors (Lipinski definition) is 1. The Morgan fingerprint density at radius 2 is 1.67 bits per heavy atom. The summed E-state index contributed by atoms with van der Waals surface area (Å²) in [7, 11) is 0. The van der Waals surface area contributed by atoms with Crippen LogP contribution in [0.1, 0.15) is 78.7 Å². The first-order valence-electron chi connectivity index (χ1n) is 13.5. The van der Waals surface area contributed by atoms with Gasteiger partial charge in [-0.2, -0.15) is 0 Å². The van der Waals surface area contributed by atoms with Gasteiger partial charge in [-0.05, 0) is 80.8 Å². The molecular formula is C30H37F3IN3O2. The van der Waals surface area contributed by atoms with Gasteiger partial charge in [0.1, 0.15) is 21.5 Å². The number of alkyl halides is 1. The summed E-state index contributed by atoms with van der Waals surface area (Å²) >= 11 is 2.11. The zero-order chi connectivity index (χ0) is 28.6. The number of likely N-dealkylation sites (tertiary alicyclic amines) is 2. The maximum absolute atomic E-state index is 14.9. The molecule has 5 nitrogen and oxygen atoms in total. The molecule has 0 aliphatic carbocycles. The molecule has 2 fully saturated rings. The molecule has 1 N–H and O–H groups in total. The van der Waals surface area contributed by atoms with Crippen molar-refractivity contribution in [2.75, 3.05) is 26.2 Å². The van der Waals surface area contributed by atoms with E-state index in [1.54, 1.807) is 6.92 Å². The van der Waals surface area contributed by atoms with E-state index in [4.69, 9.17) is 0 Å². The third kappa shape index (κ3) is 6.61. The van der Waals surface area contributed by atoms with Crippen molar-refractivity contribution in [3.8, 4) is 0 Å². The van der Waals surface area contributed by atoms with E-state index in [-0.39, 0.29) is 39.1 Å². The Balaban J connectivity index is 1.53.